The van der Waals surface area contributed by atoms with Gasteiger partial charge in [0.15, 0.2) is 6.17 Å². The fourth-order valence-electron chi connectivity index (χ4n) is 4.13. The maximum absolute atomic E-state index is 14.6. The zero-order chi connectivity index (χ0) is 23.1. The molecule has 4 heterocycles. The number of ether oxygens (including phenoxy) is 2. The number of hydrogen-bond donors (Lipinski definition) is 1. The number of aryl methyl sites for hydroxylation is 1. The van der Waals surface area contributed by atoms with Crippen molar-refractivity contribution in [3.05, 3.63) is 54.6 Å². The third-order valence-corrected chi connectivity index (χ3v) is 6.63. The molecule has 0 bridgehead atoms. The van der Waals surface area contributed by atoms with Crippen molar-refractivity contribution in [3.8, 4) is 16.9 Å². The molecule has 6 rings (SSSR count). The van der Waals surface area contributed by atoms with Crippen LogP contribution in [0, 0.1) is 0 Å². The monoisotopic (exact) mass is 476 g/mol. The van der Waals surface area contributed by atoms with Gasteiger partial charge in [-0.25, -0.2) is 19.3 Å². The minimum atomic E-state index is -1.21. The zero-order valence-electron chi connectivity index (χ0n) is 18.3. The summed E-state index contributed by atoms with van der Waals surface area (Å²) in [5.41, 5.74) is 6.13. The molecule has 0 saturated carbocycles. The molecule has 0 amide bonds. The number of halogens is 1. The summed E-state index contributed by atoms with van der Waals surface area (Å²) in [6.45, 7) is 0.489. The number of thiazole rings is 1. The Morgan fingerprint density at radius 2 is 2.09 bits per heavy atom. The standard InChI is InChI=1S/C24H21FN6O2S/c1-31-10-15(9-29-31)14-6-19-23(21(7-14)33-20-4-5-32-11-17(20)25)24(27-12-26-19)30-16-2-3-18-22(8-16)34-13-28-18/h2-3,6-10,12-13,17,20H,4-5,11H2,1H3,(H,26,27,30)/t17-,20+/m0/s1. The smallest absolute Gasteiger partial charge is 0.160 e. The van der Waals surface area contributed by atoms with E-state index in [1.807, 2.05) is 49.1 Å². The first-order valence-electron chi connectivity index (χ1n) is 10.9. The summed E-state index contributed by atoms with van der Waals surface area (Å²) in [5.74, 6) is 1.11. The van der Waals surface area contributed by atoms with Crippen LogP contribution in [0.3, 0.4) is 0 Å². The molecule has 2 atom stereocenters. The highest BCUT2D eigenvalue weighted by atomic mass is 32.1. The summed E-state index contributed by atoms with van der Waals surface area (Å²) in [6, 6.07) is 9.82. The van der Waals surface area contributed by atoms with Gasteiger partial charge in [-0.3, -0.25) is 4.68 Å². The molecule has 0 aliphatic carbocycles. The molecule has 1 fully saturated rings. The summed E-state index contributed by atoms with van der Waals surface area (Å²) in [6.07, 6.45) is 3.87. The SMILES string of the molecule is Cn1cc(-c2cc(O[C@@H]3CCOC[C@@H]3F)c3c(Nc4ccc5ncsc5c4)ncnc3c2)cn1. The van der Waals surface area contributed by atoms with Crippen LogP contribution in [0.5, 0.6) is 5.75 Å². The number of nitrogens with one attached hydrogen (secondary N) is 1. The number of anilines is 2. The van der Waals surface area contributed by atoms with E-state index in [1.54, 1.807) is 22.2 Å². The Kier molecular flexibility index (Phi) is 5.31. The van der Waals surface area contributed by atoms with Gasteiger partial charge in [-0.15, -0.1) is 11.3 Å². The molecule has 0 spiro atoms. The predicted octanol–water partition coefficient (Wildman–Crippen LogP) is 4.89. The highest BCUT2D eigenvalue weighted by molar-refractivity contribution is 7.16. The molecule has 0 unspecified atom stereocenters. The Labute approximate surface area is 198 Å². The van der Waals surface area contributed by atoms with E-state index in [2.05, 4.69) is 25.4 Å². The molecular formula is C24H21FN6O2S. The van der Waals surface area contributed by atoms with E-state index in [1.165, 1.54) is 6.33 Å². The van der Waals surface area contributed by atoms with Crippen LogP contribution in [-0.2, 0) is 11.8 Å². The van der Waals surface area contributed by atoms with Crippen LogP contribution in [-0.4, -0.2) is 50.2 Å². The van der Waals surface area contributed by atoms with Gasteiger partial charge >= 0.3 is 0 Å². The van der Waals surface area contributed by atoms with Gasteiger partial charge < -0.3 is 14.8 Å². The molecular weight excluding hydrogens is 455 g/mol. The Hall–Kier alpha value is -3.63. The second-order valence-electron chi connectivity index (χ2n) is 8.19. The minimum Gasteiger partial charge on any atom is -0.486 e. The fraction of sp³-hybridized carbons (Fsp3) is 0.250. The summed E-state index contributed by atoms with van der Waals surface area (Å²) in [7, 11) is 1.86. The van der Waals surface area contributed by atoms with Gasteiger partial charge in [0.25, 0.3) is 0 Å². The fourth-order valence-corrected chi connectivity index (χ4v) is 4.84. The maximum atomic E-state index is 14.6. The van der Waals surface area contributed by atoms with E-state index in [9.17, 15) is 4.39 Å². The van der Waals surface area contributed by atoms with Crippen LogP contribution in [0.25, 0.3) is 32.2 Å². The highest BCUT2D eigenvalue weighted by Crippen LogP contribution is 2.38. The normalized spacial score (nSPS) is 18.4. The van der Waals surface area contributed by atoms with Crippen molar-refractivity contribution in [2.45, 2.75) is 18.7 Å². The van der Waals surface area contributed by atoms with Gasteiger partial charge in [0, 0.05) is 30.9 Å². The molecule has 34 heavy (non-hydrogen) atoms. The van der Waals surface area contributed by atoms with Crippen molar-refractivity contribution in [2.24, 2.45) is 7.05 Å². The van der Waals surface area contributed by atoms with E-state index in [-0.39, 0.29) is 6.61 Å². The van der Waals surface area contributed by atoms with E-state index < -0.39 is 12.3 Å². The lowest BCUT2D eigenvalue weighted by molar-refractivity contribution is -0.0376. The van der Waals surface area contributed by atoms with Gasteiger partial charge in [0.05, 0.1) is 46.0 Å². The Morgan fingerprint density at radius 1 is 1.15 bits per heavy atom. The molecule has 8 nitrogen and oxygen atoms in total. The van der Waals surface area contributed by atoms with Crippen LogP contribution in [0.2, 0.25) is 0 Å². The third-order valence-electron chi connectivity index (χ3n) is 5.84. The molecule has 2 aromatic carbocycles. The summed E-state index contributed by atoms with van der Waals surface area (Å²) >= 11 is 1.57. The topological polar surface area (TPSA) is 87.0 Å². The van der Waals surface area contributed by atoms with Gasteiger partial charge in [0.1, 0.15) is 24.0 Å². The molecule has 5 aromatic rings. The molecule has 1 N–H and O–H groups in total. The number of fused-ring (bicyclic) bond motifs is 2. The first-order chi connectivity index (χ1) is 16.6. The van der Waals surface area contributed by atoms with Crippen molar-refractivity contribution in [2.75, 3.05) is 18.5 Å². The van der Waals surface area contributed by atoms with Crippen molar-refractivity contribution in [1.82, 2.24) is 24.7 Å². The number of alkyl halides is 1. The van der Waals surface area contributed by atoms with Crippen LogP contribution >= 0.6 is 11.3 Å². The first-order valence-corrected chi connectivity index (χ1v) is 11.8. The number of rotatable bonds is 5. The van der Waals surface area contributed by atoms with Gasteiger partial charge in [-0.1, -0.05) is 0 Å². The van der Waals surface area contributed by atoms with Crippen molar-refractivity contribution in [1.29, 1.82) is 0 Å². The second kappa shape index (κ2) is 8.62. The summed E-state index contributed by atoms with van der Waals surface area (Å²) in [4.78, 5) is 13.3. The Bertz CT molecular complexity index is 1490. The van der Waals surface area contributed by atoms with Crippen LogP contribution in [0.4, 0.5) is 15.9 Å². The highest BCUT2D eigenvalue weighted by Gasteiger charge is 2.28. The van der Waals surface area contributed by atoms with E-state index in [0.717, 1.165) is 27.0 Å². The average Bonchev–Trinajstić information content (AvgIpc) is 3.49. The van der Waals surface area contributed by atoms with E-state index in [0.29, 0.717) is 35.5 Å². The van der Waals surface area contributed by atoms with Gasteiger partial charge in [0.2, 0.25) is 0 Å². The van der Waals surface area contributed by atoms with Crippen molar-refractivity contribution in [3.63, 3.8) is 0 Å². The maximum Gasteiger partial charge on any atom is 0.160 e. The molecule has 1 aliphatic heterocycles. The second-order valence-corrected chi connectivity index (χ2v) is 9.08. The molecule has 172 valence electrons. The number of aromatic nitrogens is 5. The Balaban J connectivity index is 1.46. The molecule has 3 aromatic heterocycles. The molecule has 10 heteroatoms. The predicted molar refractivity (Wildman–Crippen MR) is 129 cm³/mol. The lowest BCUT2D eigenvalue weighted by Crippen LogP contribution is -2.37. The number of benzene rings is 2. The lowest BCUT2D eigenvalue weighted by atomic mass is 10.0. The van der Waals surface area contributed by atoms with E-state index in [4.69, 9.17) is 9.47 Å². The first kappa shape index (κ1) is 20.9. The van der Waals surface area contributed by atoms with E-state index >= 15 is 0 Å². The number of hydrogen-bond acceptors (Lipinski definition) is 8. The average molecular weight is 477 g/mol. The minimum absolute atomic E-state index is 0.0291. The third kappa shape index (κ3) is 3.95. The quantitative estimate of drug-likeness (QED) is 0.386. The summed E-state index contributed by atoms with van der Waals surface area (Å²) < 4.78 is 28.9. The van der Waals surface area contributed by atoms with Crippen LogP contribution < -0.4 is 10.1 Å². The van der Waals surface area contributed by atoms with Crippen molar-refractivity contribution >= 4 is 44.0 Å². The van der Waals surface area contributed by atoms with Crippen LogP contribution in [0.1, 0.15) is 6.42 Å². The van der Waals surface area contributed by atoms with Crippen LogP contribution in [0.15, 0.2) is 54.6 Å². The largest absolute Gasteiger partial charge is 0.486 e. The molecule has 1 saturated heterocycles. The number of nitrogens with zero attached hydrogens (tertiary/aromatic N) is 5. The van der Waals surface area contributed by atoms with Gasteiger partial charge in [-0.2, -0.15) is 5.10 Å². The van der Waals surface area contributed by atoms with Crippen molar-refractivity contribution < 1.29 is 13.9 Å². The zero-order valence-corrected chi connectivity index (χ0v) is 19.1. The van der Waals surface area contributed by atoms with Gasteiger partial charge in [-0.05, 0) is 35.9 Å². The summed E-state index contributed by atoms with van der Waals surface area (Å²) in [5, 5.41) is 8.36. The lowest BCUT2D eigenvalue weighted by Gasteiger charge is -2.27. The molecule has 0 radical (unpaired) electrons. The Morgan fingerprint density at radius 3 is 2.94 bits per heavy atom. The molecule has 1 aliphatic rings.